The zero-order valence-electron chi connectivity index (χ0n) is 9.55. The molecule has 2 unspecified atom stereocenters. The lowest BCUT2D eigenvalue weighted by molar-refractivity contribution is 0.356. The minimum absolute atomic E-state index is 0.178. The average Bonchev–Trinajstić information content (AvgIpc) is 2.78. The van der Waals surface area contributed by atoms with E-state index in [2.05, 4.69) is 17.1 Å². The molecular formula is C10H17N3OS2. The van der Waals surface area contributed by atoms with E-state index >= 15 is 0 Å². The molecule has 0 aliphatic carbocycles. The fraction of sp³-hybridized carbons (Fsp3) is 0.800. The van der Waals surface area contributed by atoms with Gasteiger partial charge >= 0.3 is 0 Å². The van der Waals surface area contributed by atoms with Gasteiger partial charge in [0.1, 0.15) is 0 Å². The van der Waals surface area contributed by atoms with Crippen LogP contribution < -0.4 is 5.73 Å². The highest BCUT2D eigenvalue weighted by Crippen LogP contribution is 2.42. The van der Waals surface area contributed by atoms with Gasteiger partial charge in [0.15, 0.2) is 5.82 Å². The maximum Gasteiger partial charge on any atom is 0.243 e. The Morgan fingerprint density at radius 2 is 2.25 bits per heavy atom. The predicted molar refractivity (Wildman–Crippen MR) is 68.6 cm³/mol. The van der Waals surface area contributed by atoms with Gasteiger partial charge in [-0.25, -0.2) is 0 Å². The van der Waals surface area contributed by atoms with E-state index in [9.17, 15) is 0 Å². The molecule has 90 valence electrons. The Balaban J connectivity index is 2.14. The molecule has 16 heavy (non-hydrogen) atoms. The van der Waals surface area contributed by atoms with Crippen molar-refractivity contribution in [2.45, 2.75) is 36.8 Å². The summed E-state index contributed by atoms with van der Waals surface area (Å²) in [6.07, 6.45) is 1.14. The summed E-state index contributed by atoms with van der Waals surface area (Å²) in [5, 5.41) is 5.01. The molecule has 0 radical (unpaired) electrons. The molecule has 1 fully saturated rings. The number of nitrogens with two attached hydrogens (primary N) is 1. The van der Waals surface area contributed by atoms with Gasteiger partial charge in [-0.15, -0.1) is 11.8 Å². The van der Waals surface area contributed by atoms with Crippen molar-refractivity contribution in [3.63, 3.8) is 0 Å². The van der Waals surface area contributed by atoms with Crippen LogP contribution in [0.2, 0.25) is 0 Å². The summed E-state index contributed by atoms with van der Waals surface area (Å²) < 4.78 is 5.16. The van der Waals surface area contributed by atoms with E-state index in [0.717, 1.165) is 18.0 Å². The molecular weight excluding hydrogens is 242 g/mol. The fourth-order valence-electron chi connectivity index (χ4n) is 1.69. The third-order valence-corrected chi connectivity index (χ3v) is 5.80. The molecule has 1 saturated heterocycles. The van der Waals surface area contributed by atoms with Crippen molar-refractivity contribution in [1.82, 2.24) is 10.1 Å². The zero-order chi connectivity index (χ0) is 11.5. The van der Waals surface area contributed by atoms with Crippen LogP contribution in [-0.4, -0.2) is 26.9 Å². The first-order valence-electron chi connectivity index (χ1n) is 5.54. The minimum atomic E-state index is -0.178. The second-order valence-corrected chi connectivity index (χ2v) is 6.48. The molecule has 1 aliphatic heterocycles. The second-order valence-electron chi connectivity index (χ2n) is 3.89. The molecule has 0 saturated carbocycles. The molecule has 1 aromatic rings. The molecule has 1 aliphatic rings. The van der Waals surface area contributed by atoms with E-state index in [1.165, 1.54) is 5.75 Å². The first kappa shape index (κ1) is 12.3. The molecule has 0 spiro atoms. The smallest absolute Gasteiger partial charge is 0.243 e. The van der Waals surface area contributed by atoms with Gasteiger partial charge in [-0.3, -0.25) is 0 Å². The molecule has 0 aromatic carbocycles. The Labute approximate surface area is 104 Å². The van der Waals surface area contributed by atoms with Crippen molar-refractivity contribution < 1.29 is 4.52 Å². The number of thioether (sulfide) groups is 2. The van der Waals surface area contributed by atoms with Crippen LogP contribution in [0.3, 0.4) is 0 Å². The lowest BCUT2D eigenvalue weighted by Gasteiger charge is -2.27. The molecule has 2 N–H and O–H groups in total. The predicted octanol–water partition coefficient (Wildman–Crippen LogP) is 2.39. The van der Waals surface area contributed by atoms with Gasteiger partial charge < -0.3 is 10.3 Å². The number of aromatic nitrogens is 2. The van der Waals surface area contributed by atoms with Crippen LogP contribution in [0.4, 0.5) is 0 Å². The van der Waals surface area contributed by atoms with E-state index in [0.29, 0.717) is 16.4 Å². The number of rotatable bonds is 3. The van der Waals surface area contributed by atoms with Crippen LogP contribution in [0.1, 0.15) is 43.3 Å². The van der Waals surface area contributed by atoms with Crippen LogP contribution >= 0.6 is 23.5 Å². The van der Waals surface area contributed by atoms with Gasteiger partial charge in [0.2, 0.25) is 5.89 Å². The summed E-state index contributed by atoms with van der Waals surface area (Å²) in [5.74, 6) is 3.74. The van der Waals surface area contributed by atoms with Crippen LogP contribution in [0.15, 0.2) is 4.52 Å². The Morgan fingerprint density at radius 1 is 1.50 bits per heavy atom. The Hall–Kier alpha value is -0.200. The van der Waals surface area contributed by atoms with Gasteiger partial charge in [-0.1, -0.05) is 12.1 Å². The third kappa shape index (κ3) is 2.55. The molecule has 0 bridgehead atoms. The van der Waals surface area contributed by atoms with E-state index in [-0.39, 0.29) is 6.04 Å². The molecule has 6 heteroatoms. The summed E-state index contributed by atoms with van der Waals surface area (Å²) in [5.41, 5.74) is 5.72. The maximum atomic E-state index is 5.72. The number of nitrogens with zero attached hydrogens (tertiary/aromatic N) is 2. The highest BCUT2D eigenvalue weighted by atomic mass is 32.2. The highest BCUT2D eigenvalue weighted by molar-refractivity contribution is 8.06. The van der Waals surface area contributed by atoms with Crippen LogP contribution in [0.25, 0.3) is 0 Å². The first-order valence-corrected chi connectivity index (χ1v) is 7.64. The lowest BCUT2D eigenvalue weighted by atomic mass is 10.2. The number of hydrogen-bond donors (Lipinski definition) is 1. The Bertz CT molecular complexity index is 343. The molecule has 1 aromatic heterocycles. The second kappa shape index (κ2) is 5.42. The van der Waals surface area contributed by atoms with Crippen LogP contribution in [-0.2, 0) is 0 Å². The normalized spacial score (nSPS) is 27.9. The van der Waals surface area contributed by atoms with Gasteiger partial charge in [-0.05, 0) is 13.3 Å². The van der Waals surface area contributed by atoms with Gasteiger partial charge in [0.25, 0.3) is 0 Å². The van der Waals surface area contributed by atoms with Crippen molar-refractivity contribution in [1.29, 1.82) is 0 Å². The Morgan fingerprint density at radius 3 is 2.88 bits per heavy atom. The Kier molecular flexibility index (Phi) is 4.16. The first-order chi connectivity index (χ1) is 7.72. The van der Waals surface area contributed by atoms with E-state index < -0.39 is 0 Å². The fourth-order valence-corrected chi connectivity index (χ4v) is 4.67. The third-order valence-electron chi connectivity index (χ3n) is 2.55. The monoisotopic (exact) mass is 259 g/mol. The van der Waals surface area contributed by atoms with E-state index in [1.54, 1.807) is 0 Å². The SMILES string of the molecule is CCC1SCCSC1c1noc([C@@H](C)N)n1. The van der Waals surface area contributed by atoms with E-state index in [4.69, 9.17) is 10.3 Å². The summed E-state index contributed by atoms with van der Waals surface area (Å²) in [6, 6.07) is -0.178. The van der Waals surface area contributed by atoms with Crippen molar-refractivity contribution in [3.8, 4) is 0 Å². The van der Waals surface area contributed by atoms with Gasteiger partial charge in [-0.2, -0.15) is 16.7 Å². The topological polar surface area (TPSA) is 64.9 Å². The maximum absolute atomic E-state index is 5.72. The van der Waals surface area contributed by atoms with Crippen molar-refractivity contribution >= 4 is 23.5 Å². The zero-order valence-corrected chi connectivity index (χ0v) is 11.2. The van der Waals surface area contributed by atoms with Crippen LogP contribution in [0.5, 0.6) is 0 Å². The van der Waals surface area contributed by atoms with Gasteiger partial charge in [0, 0.05) is 16.8 Å². The molecule has 2 heterocycles. The quantitative estimate of drug-likeness (QED) is 0.899. The van der Waals surface area contributed by atoms with Crippen molar-refractivity contribution in [2.24, 2.45) is 5.73 Å². The summed E-state index contributed by atoms with van der Waals surface area (Å²) in [7, 11) is 0. The standard InChI is InChI=1S/C10H17N3OS2/c1-3-7-8(16-5-4-15-7)9-12-10(6(2)11)14-13-9/h6-8H,3-5,11H2,1-2H3/t6-,7?,8?/m1/s1. The summed E-state index contributed by atoms with van der Waals surface area (Å²) in [6.45, 7) is 4.07. The molecule has 3 atom stereocenters. The minimum Gasteiger partial charge on any atom is -0.338 e. The average molecular weight is 259 g/mol. The summed E-state index contributed by atoms with van der Waals surface area (Å²) >= 11 is 3.94. The van der Waals surface area contributed by atoms with Gasteiger partial charge in [0.05, 0.1) is 11.3 Å². The van der Waals surface area contributed by atoms with E-state index in [1.807, 2.05) is 30.4 Å². The molecule has 2 rings (SSSR count). The highest BCUT2D eigenvalue weighted by Gasteiger charge is 2.30. The molecule has 0 amide bonds. The lowest BCUT2D eigenvalue weighted by Crippen LogP contribution is -2.19. The molecule has 4 nitrogen and oxygen atoms in total. The number of hydrogen-bond acceptors (Lipinski definition) is 6. The van der Waals surface area contributed by atoms with Crippen molar-refractivity contribution in [2.75, 3.05) is 11.5 Å². The largest absolute Gasteiger partial charge is 0.338 e. The van der Waals surface area contributed by atoms with Crippen LogP contribution in [0, 0.1) is 0 Å². The summed E-state index contributed by atoms with van der Waals surface area (Å²) in [4.78, 5) is 4.39. The van der Waals surface area contributed by atoms with Crippen molar-refractivity contribution in [3.05, 3.63) is 11.7 Å².